The molecule has 0 saturated carbocycles. The lowest BCUT2D eigenvalue weighted by atomic mass is 10.1. The molecule has 4 nitrogen and oxygen atoms in total. The van der Waals surface area contributed by atoms with Crippen molar-refractivity contribution in [1.29, 1.82) is 0 Å². The second kappa shape index (κ2) is 5.77. The Kier molecular flexibility index (Phi) is 4.29. The first-order chi connectivity index (χ1) is 9.04. The molecule has 1 aliphatic rings. The highest BCUT2D eigenvalue weighted by Gasteiger charge is 2.30. The van der Waals surface area contributed by atoms with Gasteiger partial charge in [-0.3, -0.25) is 4.79 Å². The van der Waals surface area contributed by atoms with Crippen molar-refractivity contribution in [2.24, 2.45) is 0 Å². The minimum atomic E-state index is -0.509. The number of halogens is 1. The number of thioether (sulfide) groups is 1. The van der Waals surface area contributed by atoms with Crippen LogP contribution in [0.3, 0.4) is 0 Å². The molecule has 1 unspecified atom stereocenters. The number of nitrogens with zero attached hydrogens (tertiary/aromatic N) is 1. The van der Waals surface area contributed by atoms with Crippen LogP contribution < -0.4 is 10.6 Å². The van der Waals surface area contributed by atoms with Crippen molar-refractivity contribution >= 4 is 23.5 Å². The van der Waals surface area contributed by atoms with Gasteiger partial charge in [0.05, 0.1) is 11.8 Å². The van der Waals surface area contributed by atoms with Crippen LogP contribution in [0, 0.1) is 5.82 Å². The Morgan fingerprint density at radius 2 is 2.42 bits per heavy atom. The normalized spacial score (nSPS) is 22.3. The van der Waals surface area contributed by atoms with Crippen LogP contribution in [0.2, 0.25) is 0 Å². The van der Waals surface area contributed by atoms with E-state index < -0.39 is 5.82 Å². The molecule has 19 heavy (non-hydrogen) atoms. The lowest BCUT2D eigenvalue weighted by Crippen LogP contribution is -2.37. The maximum Gasteiger partial charge on any atom is 0.255 e. The molecule has 1 aromatic heterocycles. The molecule has 2 heterocycles. The van der Waals surface area contributed by atoms with Crippen molar-refractivity contribution in [2.75, 3.05) is 24.7 Å². The van der Waals surface area contributed by atoms with Crippen molar-refractivity contribution in [1.82, 2.24) is 10.3 Å². The number of amides is 1. The standard InChI is InChI=1S/C13H18FN3OS/c1-13(4-3-5-19-13)8-17-12(18)10-6-9(14)7-16-11(10)15-2/h6-7H,3-5,8H2,1-2H3,(H,15,16)(H,17,18). The summed E-state index contributed by atoms with van der Waals surface area (Å²) in [4.78, 5) is 16.0. The minimum Gasteiger partial charge on any atom is -0.372 e. The van der Waals surface area contributed by atoms with E-state index in [0.717, 1.165) is 18.4 Å². The SMILES string of the molecule is CNc1ncc(F)cc1C(=O)NCC1(C)CCCS1. The molecule has 1 aromatic rings. The highest BCUT2D eigenvalue weighted by atomic mass is 32.2. The van der Waals surface area contributed by atoms with Gasteiger partial charge in [-0.05, 0) is 31.6 Å². The lowest BCUT2D eigenvalue weighted by Gasteiger charge is -2.23. The van der Waals surface area contributed by atoms with Crippen molar-refractivity contribution in [3.8, 4) is 0 Å². The quantitative estimate of drug-likeness (QED) is 0.890. The number of anilines is 1. The fourth-order valence-corrected chi connectivity index (χ4v) is 3.39. The van der Waals surface area contributed by atoms with E-state index in [1.807, 2.05) is 11.8 Å². The van der Waals surface area contributed by atoms with Gasteiger partial charge >= 0.3 is 0 Å². The number of aromatic nitrogens is 1. The third kappa shape index (κ3) is 3.37. The summed E-state index contributed by atoms with van der Waals surface area (Å²) in [5.41, 5.74) is 0.245. The van der Waals surface area contributed by atoms with Crippen LogP contribution in [0.5, 0.6) is 0 Å². The van der Waals surface area contributed by atoms with E-state index >= 15 is 0 Å². The molecule has 1 aliphatic heterocycles. The van der Waals surface area contributed by atoms with E-state index in [2.05, 4.69) is 22.5 Å². The first-order valence-electron chi connectivity index (χ1n) is 6.29. The summed E-state index contributed by atoms with van der Waals surface area (Å²) in [6.07, 6.45) is 3.37. The molecule has 1 saturated heterocycles. The van der Waals surface area contributed by atoms with Gasteiger partial charge < -0.3 is 10.6 Å². The van der Waals surface area contributed by atoms with Crippen molar-refractivity contribution < 1.29 is 9.18 Å². The van der Waals surface area contributed by atoms with Gasteiger partial charge in [0.2, 0.25) is 0 Å². The number of hydrogen-bond donors (Lipinski definition) is 2. The van der Waals surface area contributed by atoms with E-state index in [9.17, 15) is 9.18 Å². The summed E-state index contributed by atoms with van der Waals surface area (Å²) < 4.78 is 13.3. The molecular weight excluding hydrogens is 265 g/mol. The highest BCUT2D eigenvalue weighted by molar-refractivity contribution is 8.00. The maximum atomic E-state index is 13.2. The molecule has 1 fully saturated rings. The monoisotopic (exact) mass is 283 g/mol. The summed E-state index contributed by atoms with van der Waals surface area (Å²) >= 11 is 1.87. The predicted octanol–water partition coefficient (Wildman–Crippen LogP) is 2.28. The molecule has 104 valence electrons. The average molecular weight is 283 g/mol. The van der Waals surface area contributed by atoms with Gasteiger partial charge in [0.1, 0.15) is 11.6 Å². The van der Waals surface area contributed by atoms with Crippen molar-refractivity contribution in [2.45, 2.75) is 24.5 Å². The molecule has 0 aliphatic carbocycles. The molecule has 0 spiro atoms. The molecule has 1 atom stereocenters. The van der Waals surface area contributed by atoms with Gasteiger partial charge in [0.15, 0.2) is 0 Å². The predicted molar refractivity (Wildman–Crippen MR) is 76.2 cm³/mol. The van der Waals surface area contributed by atoms with Crippen LogP contribution in [0.15, 0.2) is 12.3 Å². The van der Waals surface area contributed by atoms with Crippen LogP contribution in [0.25, 0.3) is 0 Å². The van der Waals surface area contributed by atoms with Gasteiger partial charge in [0.25, 0.3) is 5.91 Å². The van der Waals surface area contributed by atoms with Crippen molar-refractivity contribution in [3.63, 3.8) is 0 Å². The average Bonchev–Trinajstić information content (AvgIpc) is 2.83. The van der Waals surface area contributed by atoms with E-state index in [1.54, 1.807) is 7.05 Å². The molecule has 0 bridgehead atoms. The zero-order valence-corrected chi connectivity index (χ0v) is 11.9. The second-order valence-electron chi connectivity index (χ2n) is 4.88. The molecule has 6 heteroatoms. The second-order valence-corrected chi connectivity index (χ2v) is 6.57. The van der Waals surface area contributed by atoms with Crippen molar-refractivity contribution in [3.05, 3.63) is 23.6 Å². The number of rotatable bonds is 4. The largest absolute Gasteiger partial charge is 0.372 e. The number of hydrogen-bond acceptors (Lipinski definition) is 4. The van der Waals surface area contributed by atoms with E-state index in [1.165, 1.54) is 12.5 Å². The summed E-state index contributed by atoms with van der Waals surface area (Å²) in [6, 6.07) is 1.21. The zero-order valence-electron chi connectivity index (χ0n) is 11.1. The van der Waals surface area contributed by atoms with Crippen LogP contribution in [-0.2, 0) is 0 Å². The highest BCUT2D eigenvalue weighted by Crippen LogP contribution is 2.37. The molecule has 0 aromatic carbocycles. The first-order valence-corrected chi connectivity index (χ1v) is 7.28. The van der Waals surface area contributed by atoms with Gasteiger partial charge in [-0.1, -0.05) is 0 Å². The molecule has 2 rings (SSSR count). The molecule has 0 radical (unpaired) electrons. The topological polar surface area (TPSA) is 54.0 Å². The Hall–Kier alpha value is -1.30. The Labute approximate surface area is 116 Å². The van der Waals surface area contributed by atoms with Gasteiger partial charge in [-0.2, -0.15) is 11.8 Å². The van der Waals surface area contributed by atoms with E-state index in [-0.39, 0.29) is 16.2 Å². The van der Waals surface area contributed by atoms with Crippen LogP contribution in [0.1, 0.15) is 30.1 Å². The number of pyridine rings is 1. The number of carbonyl (C=O) groups excluding carboxylic acids is 1. The Morgan fingerprint density at radius 3 is 3.05 bits per heavy atom. The smallest absolute Gasteiger partial charge is 0.255 e. The van der Waals surface area contributed by atoms with Gasteiger partial charge in [-0.15, -0.1) is 0 Å². The van der Waals surface area contributed by atoms with Crippen LogP contribution in [-0.4, -0.2) is 35.0 Å². The van der Waals surface area contributed by atoms with Crippen LogP contribution in [0.4, 0.5) is 10.2 Å². The third-order valence-corrected chi connectivity index (χ3v) is 4.80. The first kappa shape index (κ1) is 14.1. The van der Waals surface area contributed by atoms with Crippen LogP contribution >= 0.6 is 11.8 Å². The van der Waals surface area contributed by atoms with E-state index in [0.29, 0.717) is 12.4 Å². The summed E-state index contributed by atoms with van der Waals surface area (Å²) in [5, 5.41) is 5.67. The summed E-state index contributed by atoms with van der Waals surface area (Å²) in [7, 11) is 1.66. The molecule has 1 amide bonds. The van der Waals surface area contributed by atoms with Gasteiger partial charge in [0, 0.05) is 18.3 Å². The summed E-state index contributed by atoms with van der Waals surface area (Å²) in [5.74, 6) is 0.731. The van der Waals surface area contributed by atoms with Gasteiger partial charge in [-0.25, -0.2) is 9.37 Å². The Morgan fingerprint density at radius 1 is 1.63 bits per heavy atom. The lowest BCUT2D eigenvalue weighted by molar-refractivity contribution is 0.0950. The number of nitrogens with one attached hydrogen (secondary N) is 2. The third-order valence-electron chi connectivity index (χ3n) is 3.26. The fourth-order valence-electron chi connectivity index (χ4n) is 2.15. The van der Waals surface area contributed by atoms with E-state index in [4.69, 9.17) is 0 Å². The zero-order chi connectivity index (χ0) is 13.9. The number of carbonyl (C=O) groups is 1. The molecule has 2 N–H and O–H groups in total. The Bertz CT molecular complexity index is 475. The summed E-state index contributed by atoms with van der Waals surface area (Å²) in [6.45, 7) is 2.74. The molecular formula is C13H18FN3OS. The minimum absolute atomic E-state index is 0.0935. The Balaban J connectivity index is 2.05. The fraction of sp³-hybridized carbons (Fsp3) is 0.538. The maximum absolute atomic E-state index is 13.2.